The van der Waals surface area contributed by atoms with Crippen molar-refractivity contribution in [2.75, 3.05) is 6.54 Å². The number of halogens is 1. The van der Waals surface area contributed by atoms with Gasteiger partial charge in [0, 0.05) is 10.6 Å². The van der Waals surface area contributed by atoms with Gasteiger partial charge in [-0.1, -0.05) is 18.5 Å². The highest BCUT2D eigenvalue weighted by Gasteiger charge is 2.31. The van der Waals surface area contributed by atoms with Gasteiger partial charge in [-0.2, -0.15) is 0 Å². The van der Waals surface area contributed by atoms with E-state index in [4.69, 9.17) is 16.0 Å². The zero-order valence-electron chi connectivity index (χ0n) is 18.0. The van der Waals surface area contributed by atoms with Crippen LogP contribution in [0.15, 0.2) is 52.0 Å². The van der Waals surface area contributed by atoms with E-state index in [9.17, 15) is 18.0 Å². The summed E-state index contributed by atoms with van der Waals surface area (Å²) in [5.41, 5.74) is -0.486. The van der Waals surface area contributed by atoms with Crippen LogP contribution in [-0.4, -0.2) is 43.3 Å². The summed E-state index contributed by atoms with van der Waals surface area (Å²) in [5.74, 6) is -0.392. The fraction of sp³-hybridized carbons (Fsp3) is 0.429. The van der Waals surface area contributed by atoms with Crippen LogP contribution in [0.4, 0.5) is 0 Å². The highest BCUT2D eigenvalue weighted by atomic mass is 35.5. The van der Waals surface area contributed by atoms with Crippen molar-refractivity contribution in [3.63, 3.8) is 0 Å². The van der Waals surface area contributed by atoms with E-state index in [0.717, 1.165) is 0 Å². The van der Waals surface area contributed by atoms with Crippen molar-refractivity contribution < 1.29 is 22.4 Å². The summed E-state index contributed by atoms with van der Waals surface area (Å²) >= 11 is 5.80. The molecule has 8 nitrogen and oxygen atoms in total. The molecule has 10 heteroatoms. The Bertz CT molecular complexity index is 983. The minimum Gasteiger partial charge on any atom is -0.467 e. The fourth-order valence-electron chi connectivity index (χ4n) is 2.90. The Kier molecular flexibility index (Phi) is 8.27. The van der Waals surface area contributed by atoms with E-state index < -0.39 is 34.1 Å². The normalized spacial score (nSPS) is 12.9. The third-order valence-corrected chi connectivity index (χ3v) is 6.00. The summed E-state index contributed by atoms with van der Waals surface area (Å²) in [4.78, 5) is 27.2. The number of sulfonamides is 1. The zero-order chi connectivity index (χ0) is 23.2. The number of carbonyl (C=O) groups is 2. The molecule has 0 radical (unpaired) electrons. The minimum atomic E-state index is -3.93. The number of furan rings is 1. The van der Waals surface area contributed by atoms with Gasteiger partial charge in [0.25, 0.3) is 0 Å². The fourth-order valence-corrected chi connectivity index (χ4v) is 4.00. The molecule has 2 N–H and O–H groups in total. The lowest BCUT2D eigenvalue weighted by atomic mass is 10.1. The van der Waals surface area contributed by atoms with Gasteiger partial charge in [-0.25, -0.2) is 13.1 Å². The summed E-state index contributed by atoms with van der Waals surface area (Å²) in [6, 6.07) is 8.17. The molecule has 0 aliphatic carbocycles. The van der Waals surface area contributed by atoms with Gasteiger partial charge in [0.2, 0.25) is 21.8 Å². The summed E-state index contributed by atoms with van der Waals surface area (Å²) in [7, 11) is -3.93. The Balaban J connectivity index is 2.21. The molecule has 0 aliphatic heterocycles. The second-order valence-electron chi connectivity index (χ2n) is 8.04. The quantitative estimate of drug-likeness (QED) is 0.586. The van der Waals surface area contributed by atoms with Gasteiger partial charge in [0.15, 0.2) is 0 Å². The van der Waals surface area contributed by atoms with Crippen LogP contribution in [-0.2, 0) is 26.2 Å². The standard InChI is InChI=1S/C21H28ClN3O5S/c1-5-18(20(27)24-21(2,3)4)25(14-16-7-6-12-30-16)19(26)13-23-31(28,29)17-10-8-15(22)9-11-17/h6-12,18,23H,5,13-14H2,1-4H3,(H,24,27)/t18-/m1/s1. The van der Waals surface area contributed by atoms with Crippen LogP contribution in [0.25, 0.3) is 0 Å². The molecule has 1 atom stereocenters. The molecular weight excluding hydrogens is 442 g/mol. The Labute approximate surface area is 188 Å². The topological polar surface area (TPSA) is 109 Å². The van der Waals surface area contributed by atoms with Crippen molar-refractivity contribution in [2.24, 2.45) is 0 Å². The van der Waals surface area contributed by atoms with E-state index in [2.05, 4.69) is 10.0 Å². The van der Waals surface area contributed by atoms with Crippen LogP contribution < -0.4 is 10.0 Å². The third kappa shape index (κ3) is 7.37. The van der Waals surface area contributed by atoms with E-state index in [1.54, 1.807) is 19.1 Å². The first-order chi connectivity index (χ1) is 14.4. The average molecular weight is 470 g/mol. The lowest BCUT2D eigenvalue weighted by Gasteiger charge is -2.32. The first-order valence-electron chi connectivity index (χ1n) is 9.82. The lowest BCUT2D eigenvalue weighted by Crippen LogP contribution is -2.54. The molecule has 2 aromatic rings. The van der Waals surface area contributed by atoms with Crippen molar-refractivity contribution in [1.82, 2.24) is 14.9 Å². The molecule has 1 aromatic heterocycles. The molecule has 2 amide bonds. The molecule has 1 aromatic carbocycles. The summed E-state index contributed by atoms with van der Waals surface area (Å²) in [5, 5.41) is 3.27. The average Bonchev–Trinajstić information content (AvgIpc) is 3.18. The molecule has 170 valence electrons. The zero-order valence-corrected chi connectivity index (χ0v) is 19.6. The van der Waals surface area contributed by atoms with Gasteiger partial charge in [-0.05, 0) is 63.6 Å². The van der Waals surface area contributed by atoms with Crippen LogP contribution in [0.2, 0.25) is 5.02 Å². The van der Waals surface area contributed by atoms with E-state index in [1.165, 1.54) is 35.4 Å². The van der Waals surface area contributed by atoms with E-state index in [0.29, 0.717) is 17.2 Å². The number of rotatable bonds is 9. The Morgan fingerprint density at radius 1 is 1.16 bits per heavy atom. The van der Waals surface area contributed by atoms with E-state index in [-0.39, 0.29) is 17.3 Å². The molecule has 2 rings (SSSR count). The SMILES string of the molecule is CC[C@H](C(=O)NC(C)(C)C)N(Cc1ccco1)C(=O)CNS(=O)(=O)c1ccc(Cl)cc1. The smallest absolute Gasteiger partial charge is 0.243 e. The number of carbonyl (C=O) groups excluding carboxylic acids is 2. The molecular formula is C21H28ClN3O5S. The predicted molar refractivity (Wildman–Crippen MR) is 118 cm³/mol. The second-order valence-corrected chi connectivity index (χ2v) is 10.2. The van der Waals surface area contributed by atoms with Crippen LogP contribution in [0.3, 0.4) is 0 Å². The van der Waals surface area contributed by atoms with Crippen molar-refractivity contribution in [2.45, 2.75) is 57.1 Å². The maximum Gasteiger partial charge on any atom is 0.243 e. The first-order valence-corrected chi connectivity index (χ1v) is 11.7. The van der Waals surface area contributed by atoms with Gasteiger partial charge in [0.1, 0.15) is 11.8 Å². The Hall–Kier alpha value is -2.36. The minimum absolute atomic E-state index is 0.0141. The van der Waals surface area contributed by atoms with Crippen molar-refractivity contribution in [1.29, 1.82) is 0 Å². The first kappa shape index (κ1) is 24.9. The van der Waals surface area contributed by atoms with Crippen LogP contribution >= 0.6 is 11.6 Å². The second kappa shape index (κ2) is 10.3. The predicted octanol–water partition coefficient (Wildman–Crippen LogP) is 2.93. The number of nitrogens with one attached hydrogen (secondary N) is 2. The highest BCUT2D eigenvalue weighted by Crippen LogP contribution is 2.16. The third-order valence-electron chi connectivity index (χ3n) is 4.33. The van der Waals surface area contributed by atoms with E-state index >= 15 is 0 Å². The molecule has 0 saturated carbocycles. The van der Waals surface area contributed by atoms with E-state index in [1.807, 2.05) is 20.8 Å². The van der Waals surface area contributed by atoms with Gasteiger partial charge < -0.3 is 14.6 Å². The Morgan fingerprint density at radius 3 is 2.32 bits per heavy atom. The van der Waals surface area contributed by atoms with Gasteiger partial charge >= 0.3 is 0 Å². The number of hydrogen-bond acceptors (Lipinski definition) is 5. The van der Waals surface area contributed by atoms with Gasteiger partial charge in [-0.3, -0.25) is 9.59 Å². The van der Waals surface area contributed by atoms with Crippen molar-refractivity contribution in [3.8, 4) is 0 Å². The summed E-state index contributed by atoms with van der Waals surface area (Å²) < 4.78 is 32.7. The Morgan fingerprint density at radius 2 is 1.81 bits per heavy atom. The van der Waals surface area contributed by atoms with Crippen LogP contribution in [0, 0.1) is 0 Å². The lowest BCUT2D eigenvalue weighted by molar-refractivity contribution is -0.141. The molecule has 0 saturated heterocycles. The van der Waals surface area contributed by atoms with Crippen LogP contribution in [0.1, 0.15) is 39.9 Å². The number of hydrogen-bond donors (Lipinski definition) is 2. The summed E-state index contributed by atoms with van der Waals surface area (Å²) in [6.45, 7) is 6.84. The molecule has 31 heavy (non-hydrogen) atoms. The molecule has 0 spiro atoms. The highest BCUT2D eigenvalue weighted by molar-refractivity contribution is 7.89. The number of nitrogens with zero attached hydrogens (tertiary/aromatic N) is 1. The van der Waals surface area contributed by atoms with Crippen molar-refractivity contribution >= 4 is 33.4 Å². The number of benzene rings is 1. The molecule has 1 heterocycles. The molecule has 0 bridgehead atoms. The maximum absolute atomic E-state index is 13.0. The molecule has 0 unspecified atom stereocenters. The molecule has 0 fully saturated rings. The largest absolute Gasteiger partial charge is 0.467 e. The monoisotopic (exact) mass is 469 g/mol. The molecule has 0 aliphatic rings. The van der Waals surface area contributed by atoms with Crippen molar-refractivity contribution in [3.05, 3.63) is 53.4 Å². The van der Waals surface area contributed by atoms with Gasteiger partial charge in [-0.15, -0.1) is 0 Å². The summed E-state index contributed by atoms with van der Waals surface area (Å²) in [6.07, 6.45) is 1.82. The number of amides is 2. The van der Waals surface area contributed by atoms with Crippen LogP contribution in [0.5, 0.6) is 0 Å². The maximum atomic E-state index is 13.0. The van der Waals surface area contributed by atoms with Gasteiger partial charge in [0.05, 0.1) is 24.2 Å².